The zero-order valence-corrected chi connectivity index (χ0v) is 8.25. The fraction of sp³-hybridized carbons (Fsp3) is 0. The average molecular weight is 239 g/mol. The molecule has 0 saturated heterocycles. The lowest BCUT2D eigenvalue weighted by atomic mass is 10.1. The molecule has 13 heavy (non-hydrogen) atoms. The van der Waals surface area contributed by atoms with Gasteiger partial charge in [0.05, 0.1) is 4.47 Å². The van der Waals surface area contributed by atoms with Gasteiger partial charge in [0.1, 0.15) is 11.5 Å². The van der Waals surface area contributed by atoms with Gasteiger partial charge in [-0.2, -0.15) is 0 Å². The van der Waals surface area contributed by atoms with Gasteiger partial charge in [0.25, 0.3) is 0 Å². The van der Waals surface area contributed by atoms with Gasteiger partial charge in [-0.25, -0.2) is 0 Å². The number of halogens is 1. The van der Waals surface area contributed by atoms with E-state index < -0.39 is 0 Å². The van der Waals surface area contributed by atoms with Gasteiger partial charge in [-0.1, -0.05) is 12.1 Å². The molecule has 2 N–H and O–H groups in total. The Morgan fingerprint density at radius 3 is 2.46 bits per heavy atom. The van der Waals surface area contributed by atoms with Gasteiger partial charge in [0.2, 0.25) is 0 Å². The SMILES string of the molecule is Oc1ccc2ccc(O)c(Br)c2c1. The van der Waals surface area contributed by atoms with Crippen molar-refractivity contribution in [2.75, 3.05) is 0 Å². The van der Waals surface area contributed by atoms with E-state index in [4.69, 9.17) is 0 Å². The molecule has 2 rings (SSSR count). The molecule has 0 atom stereocenters. The molecule has 0 aliphatic rings. The van der Waals surface area contributed by atoms with Crippen LogP contribution in [0.1, 0.15) is 0 Å². The minimum atomic E-state index is 0.179. The van der Waals surface area contributed by atoms with Gasteiger partial charge in [0, 0.05) is 5.39 Å². The van der Waals surface area contributed by atoms with Crippen molar-refractivity contribution in [1.82, 2.24) is 0 Å². The molecule has 2 nitrogen and oxygen atoms in total. The first-order chi connectivity index (χ1) is 6.18. The minimum Gasteiger partial charge on any atom is -0.508 e. The van der Waals surface area contributed by atoms with Gasteiger partial charge in [-0.15, -0.1) is 0 Å². The molecule has 3 heteroatoms. The first kappa shape index (κ1) is 8.38. The molecule has 0 aliphatic heterocycles. The van der Waals surface area contributed by atoms with Crippen molar-refractivity contribution in [3.63, 3.8) is 0 Å². The third kappa shape index (κ3) is 1.35. The Balaban J connectivity index is 2.89. The van der Waals surface area contributed by atoms with Gasteiger partial charge < -0.3 is 10.2 Å². The maximum Gasteiger partial charge on any atom is 0.130 e. The average Bonchev–Trinajstić information content (AvgIpc) is 2.12. The second kappa shape index (κ2) is 2.92. The number of hydrogen-bond acceptors (Lipinski definition) is 2. The Morgan fingerprint density at radius 2 is 1.69 bits per heavy atom. The van der Waals surface area contributed by atoms with E-state index in [1.165, 1.54) is 0 Å². The number of hydrogen-bond donors (Lipinski definition) is 2. The van der Waals surface area contributed by atoms with Gasteiger partial charge in [-0.3, -0.25) is 0 Å². The van der Waals surface area contributed by atoms with Crippen LogP contribution in [0.4, 0.5) is 0 Å². The zero-order valence-electron chi connectivity index (χ0n) is 6.66. The first-order valence-corrected chi connectivity index (χ1v) is 4.58. The molecule has 0 fully saturated rings. The summed E-state index contributed by atoms with van der Waals surface area (Å²) in [5.74, 6) is 0.372. The highest BCUT2D eigenvalue weighted by atomic mass is 79.9. The maximum absolute atomic E-state index is 9.38. The Labute approximate surface area is 83.6 Å². The van der Waals surface area contributed by atoms with Crippen LogP contribution < -0.4 is 0 Å². The van der Waals surface area contributed by atoms with E-state index >= 15 is 0 Å². The number of rotatable bonds is 0. The second-order valence-corrected chi connectivity index (χ2v) is 3.60. The summed E-state index contributed by atoms with van der Waals surface area (Å²) in [6.45, 7) is 0. The summed E-state index contributed by atoms with van der Waals surface area (Å²) in [5, 5.41) is 20.4. The smallest absolute Gasteiger partial charge is 0.130 e. The van der Waals surface area contributed by atoms with Gasteiger partial charge in [0.15, 0.2) is 0 Å². The van der Waals surface area contributed by atoms with Crippen molar-refractivity contribution in [2.45, 2.75) is 0 Å². The van der Waals surface area contributed by atoms with E-state index in [0.717, 1.165) is 10.8 Å². The molecule has 0 aliphatic carbocycles. The summed E-state index contributed by atoms with van der Waals surface area (Å²) in [4.78, 5) is 0. The Bertz CT molecular complexity index is 460. The number of aromatic hydroxyl groups is 2. The lowest BCUT2D eigenvalue weighted by molar-refractivity contribution is 0.472. The molecule has 66 valence electrons. The van der Waals surface area contributed by atoms with Crippen molar-refractivity contribution in [3.05, 3.63) is 34.8 Å². The van der Waals surface area contributed by atoms with E-state index in [2.05, 4.69) is 15.9 Å². The van der Waals surface area contributed by atoms with Crippen molar-refractivity contribution < 1.29 is 10.2 Å². The molecule has 0 spiro atoms. The molecule has 0 bridgehead atoms. The first-order valence-electron chi connectivity index (χ1n) is 3.78. The molecular weight excluding hydrogens is 232 g/mol. The molecule has 2 aromatic carbocycles. The lowest BCUT2D eigenvalue weighted by Gasteiger charge is -2.02. The van der Waals surface area contributed by atoms with Crippen LogP contribution in [0.25, 0.3) is 10.8 Å². The molecule has 0 heterocycles. The molecule has 0 radical (unpaired) electrons. The molecule has 0 saturated carbocycles. The Kier molecular flexibility index (Phi) is 1.88. The summed E-state index contributed by atoms with van der Waals surface area (Å²) in [6, 6.07) is 8.44. The van der Waals surface area contributed by atoms with Crippen LogP contribution in [0.2, 0.25) is 0 Å². The van der Waals surface area contributed by atoms with Crippen LogP contribution >= 0.6 is 15.9 Å². The van der Waals surface area contributed by atoms with Crippen LogP contribution in [-0.4, -0.2) is 10.2 Å². The maximum atomic E-state index is 9.38. The highest BCUT2D eigenvalue weighted by Gasteiger charge is 2.03. The minimum absolute atomic E-state index is 0.179. The van der Waals surface area contributed by atoms with Crippen LogP contribution in [-0.2, 0) is 0 Å². The summed E-state index contributed by atoms with van der Waals surface area (Å²) in [6.07, 6.45) is 0. The van der Waals surface area contributed by atoms with E-state index in [1.807, 2.05) is 0 Å². The third-order valence-electron chi connectivity index (χ3n) is 1.92. The third-order valence-corrected chi connectivity index (χ3v) is 2.75. The van der Waals surface area contributed by atoms with Crippen LogP contribution in [0.3, 0.4) is 0 Å². The standard InChI is InChI=1S/C10H7BrO2/c11-10-8-5-7(12)3-1-6(8)2-4-9(10)13/h1-5,12-13H. The van der Waals surface area contributed by atoms with Crippen molar-refractivity contribution in [2.24, 2.45) is 0 Å². The summed E-state index contributed by atoms with van der Waals surface area (Å²) in [5.41, 5.74) is 0. The highest BCUT2D eigenvalue weighted by molar-refractivity contribution is 9.10. The number of benzene rings is 2. The van der Waals surface area contributed by atoms with E-state index in [-0.39, 0.29) is 11.5 Å². The van der Waals surface area contributed by atoms with Crippen LogP contribution in [0.5, 0.6) is 11.5 Å². The normalized spacial score (nSPS) is 10.5. The predicted molar refractivity (Wildman–Crippen MR) is 55.0 cm³/mol. The zero-order chi connectivity index (χ0) is 9.42. The number of fused-ring (bicyclic) bond motifs is 1. The Morgan fingerprint density at radius 1 is 1.00 bits per heavy atom. The lowest BCUT2D eigenvalue weighted by Crippen LogP contribution is -1.75. The Hall–Kier alpha value is -1.22. The molecule has 0 unspecified atom stereocenters. The van der Waals surface area contributed by atoms with E-state index in [1.54, 1.807) is 30.3 Å². The van der Waals surface area contributed by atoms with Crippen molar-refractivity contribution in [1.29, 1.82) is 0 Å². The van der Waals surface area contributed by atoms with E-state index in [0.29, 0.717) is 4.47 Å². The topological polar surface area (TPSA) is 40.5 Å². The van der Waals surface area contributed by atoms with Gasteiger partial charge in [-0.05, 0) is 39.5 Å². The largest absolute Gasteiger partial charge is 0.508 e. The molecular formula is C10H7BrO2. The van der Waals surface area contributed by atoms with Crippen molar-refractivity contribution >= 4 is 26.7 Å². The quantitative estimate of drug-likeness (QED) is 0.741. The van der Waals surface area contributed by atoms with Crippen LogP contribution in [0, 0.1) is 0 Å². The number of phenolic OH excluding ortho intramolecular Hbond substituents is 2. The monoisotopic (exact) mass is 238 g/mol. The fourth-order valence-electron chi connectivity index (χ4n) is 1.26. The van der Waals surface area contributed by atoms with Crippen LogP contribution in [0.15, 0.2) is 34.8 Å². The molecule has 2 aromatic rings. The highest BCUT2D eigenvalue weighted by Crippen LogP contribution is 2.33. The molecule has 0 amide bonds. The summed E-state index contributed by atoms with van der Waals surface area (Å²) < 4.78 is 0.612. The fourth-order valence-corrected chi connectivity index (χ4v) is 1.74. The van der Waals surface area contributed by atoms with Gasteiger partial charge >= 0.3 is 0 Å². The summed E-state index contributed by atoms with van der Waals surface area (Å²) >= 11 is 3.25. The van der Waals surface area contributed by atoms with E-state index in [9.17, 15) is 10.2 Å². The van der Waals surface area contributed by atoms with Crippen molar-refractivity contribution in [3.8, 4) is 11.5 Å². The number of phenols is 2. The predicted octanol–water partition coefficient (Wildman–Crippen LogP) is 3.01. The second-order valence-electron chi connectivity index (χ2n) is 2.80. The summed E-state index contributed by atoms with van der Waals surface area (Å²) in [7, 11) is 0. The molecule has 0 aromatic heterocycles.